The first kappa shape index (κ1) is 23.6. The molecule has 3 fully saturated rings. The summed E-state index contributed by atoms with van der Waals surface area (Å²) < 4.78 is 4.90. The van der Waals surface area contributed by atoms with Gasteiger partial charge in [-0.3, -0.25) is 4.79 Å². The Labute approximate surface area is 176 Å². The molecule has 1 aromatic rings. The van der Waals surface area contributed by atoms with Gasteiger partial charge in [0.1, 0.15) is 6.10 Å². The third-order valence-electron chi connectivity index (χ3n) is 6.74. The van der Waals surface area contributed by atoms with Crippen LogP contribution in [0.25, 0.3) is 0 Å². The van der Waals surface area contributed by atoms with Crippen molar-refractivity contribution in [3.63, 3.8) is 0 Å². The van der Waals surface area contributed by atoms with Crippen molar-refractivity contribution in [3.05, 3.63) is 48.6 Å². The summed E-state index contributed by atoms with van der Waals surface area (Å²) in [5, 5.41) is 13.8. The number of hydrogen-bond acceptors (Lipinski definition) is 4. The largest absolute Gasteiger partial charge is 0.465 e. The lowest BCUT2D eigenvalue weighted by Gasteiger charge is -2.49. The highest BCUT2D eigenvalue weighted by atomic mass is 16.5. The zero-order valence-electron chi connectivity index (χ0n) is 18.2. The van der Waals surface area contributed by atoms with Crippen LogP contribution in [0.1, 0.15) is 70.8 Å². The number of benzene rings is 1. The maximum absolute atomic E-state index is 10.5. The quantitative estimate of drug-likeness (QED) is 0.552. The van der Waals surface area contributed by atoms with Gasteiger partial charge in [0.25, 0.3) is 6.47 Å². The van der Waals surface area contributed by atoms with Crippen LogP contribution in [0.3, 0.4) is 0 Å². The fourth-order valence-electron chi connectivity index (χ4n) is 4.95. The van der Waals surface area contributed by atoms with E-state index in [0.717, 1.165) is 31.5 Å². The number of carbonyl (C=O) groups excluding carboxylic acids is 1. The monoisotopic (exact) mass is 401 g/mol. The smallest absolute Gasteiger partial charge is 0.293 e. The third kappa shape index (κ3) is 6.68. The van der Waals surface area contributed by atoms with Gasteiger partial charge in [-0.05, 0) is 82.4 Å². The number of allylic oxidation sites excluding steroid dienone is 1. The van der Waals surface area contributed by atoms with Crippen LogP contribution < -0.4 is 5.32 Å². The highest BCUT2D eigenvalue weighted by Gasteiger charge is 2.45. The maximum atomic E-state index is 10.5. The first-order valence-corrected chi connectivity index (χ1v) is 11.1. The topological polar surface area (TPSA) is 58.6 Å². The molecule has 1 aromatic carbocycles. The summed E-state index contributed by atoms with van der Waals surface area (Å²) in [7, 11) is 0. The summed E-state index contributed by atoms with van der Waals surface area (Å²) in [5.74, 6) is 0.449. The van der Waals surface area contributed by atoms with E-state index in [0.29, 0.717) is 17.8 Å². The predicted molar refractivity (Wildman–Crippen MR) is 119 cm³/mol. The van der Waals surface area contributed by atoms with E-state index in [-0.39, 0.29) is 6.10 Å². The summed E-state index contributed by atoms with van der Waals surface area (Å²) in [5.41, 5.74) is 0.961. The van der Waals surface area contributed by atoms with Crippen LogP contribution in [0.2, 0.25) is 0 Å². The van der Waals surface area contributed by atoms with Crippen molar-refractivity contribution in [2.45, 2.75) is 76.9 Å². The molecular weight excluding hydrogens is 362 g/mol. The van der Waals surface area contributed by atoms with Crippen molar-refractivity contribution >= 4 is 6.47 Å². The first-order valence-electron chi connectivity index (χ1n) is 11.1. The lowest BCUT2D eigenvalue weighted by molar-refractivity contribution is -0.147. The molecule has 3 aliphatic rings. The van der Waals surface area contributed by atoms with Gasteiger partial charge in [0.2, 0.25) is 0 Å². The predicted octanol–water partition coefficient (Wildman–Crippen LogP) is 4.97. The van der Waals surface area contributed by atoms with Gasteiger partial charge in [-0.15, -0.1) is 6.58 Å². The lowest BCUT2D eigenvalue weighted by atomic mass is 9.62. The fourth-order valence-corrected chi connectivity index (χ4v) is 4.95. The van der Waals surface area contributed by atoms with Crippen LogP contribution in [-0.4, -0.2) is 30.8 Å². The zero-order valence-corrected chi connectivity index (χ0v) is 18.2. The van der Waals surface area contributed by atoms with Gasteiger partial charge in [0, 0.05) is 0 Å². The lowest BCUT2D eigenvalue weighted by Crippen LogP contribution is -2.48. The molecule has 4 rings (SSSR count). The van der Waals surface area contributed by atoms with Gasteiger partial charge in [-0.1, -0.05) is 49.2 Å². The molecule has 0 aromatic heterocycles. The van der Waals surface area contributed by atoms with Crippen LogP contribution >= 0.6 is 0 Å². The Hall–Kier alpha value is -1.65. The number of carbonyl (C=O) groups is 1. The number of nitrogens with one attached hydrogen (secondary N) is 1. The van der Waals surface area contributed by atoms with E-state index in [1.165, 1.54) is 38.5 Å². The molecule has 0 bridgehead atoms. The van der Waals surface area contributed by atoms with Gasteiger partial charge in [0.15, 0.2) is 0 Å². The summed E-state index contributed by atoms with van der Waals surface area (Å²) in [6, 6.07) is 10.0. The molecule has 1 heterocycles. The Bertz CT molecular complexity index is 594. The Morgan fingerprint density at radius 3 is 2.24 bits per heavy atom. The molecule has 2 saturated carbocycles. The Kier molecular flexibility index (Phi) is 9.38. The maximum Gasteiger partial charge on any atom is 0.293 e. The van der Waals surface area contributed by atoms with E-state index in [4.69, 9.17) is 4.74 Å². The Morgan fingerprint density at radius 1 is 1.17 bits per heavy atom. The standard InChI is InChI=1S/C13H18O.C9H15NO2.C3H6/c1-13(14,12-9-5-6-10-12)11-7-3-2-4-8-11;11-7-12-8-5-9(6-8)1-3-10-4-2-9;1-3-2/h2-4,7-8,12,14H,5-6,9-10H2,1H3;7-8,10H,1-6H2;3H,1H2,2H3. The number of ether oxygens (including phenoxy) is 1. The van der Waals surface area contributed by atoms with Crippen LogP contribution in [0.4, 0.5) is 0 Å². The molecule has 0 amide bonds. The van der Waals surface area contributed by atoms with E-state index in [9.17, 15) is 9.90 Å². The minimum Gasteiger partial charge on any atom is -0.465 e. The van der Waals surface area contributed by atoms with Gasteiger partial charge in [0.05, 0.1) is 5.60 Å². The first-order chi connectivity index (χ1) is 14.0. The molecule has 0 radical (unpaired) electrons. The molecule has 1 saturated heterocycles. The van der Waals surface area contributed by atoms with Gasteiger partial charge in [-0.2, -0.15) is 0 Å². The van der Waals surface area contributed by atoms with Crippen molar-refractivity contribution in [1.82, 2.24) is 5.32 Å². The zero-order chi connectivity index (χ0) is 21.2. The third-order valence-corrected chi connectivity index (χ3v) is 6.74. The number of aliphatic hydroxyl groups is 1. The molecule has 1 spiro atoms. The molecule has 1 unspecified atom stereocenters. The minimum absolute atomic E-state index is 0.223. The molecule has 4 nitrogen and oxygen atoms in total. The highest BCUT2D eigenvalue weighted by Crippen LogP contribution is 2.48. The van der Waals surface area contributed by atoms with Gasteiger partial charge < -0.3 is 15.2 Å². The second-order valence-corrected chi connectivity index (χ2v) is 8.92. The molecular formula is C25H39NO3. The Balaban J connectivity index is 0.000000184. The number of rotatable bonds is 4. The van der Waals surface area contributed by atoms with Crippen LogP contribution in [-0.2, 0) is 15.1 Å². The average Bonchev–Trinajstić information content (AvgIpc) is 3.26. The van der Waals surface area contributed by atoms with E-state index in [2.05, 4.69) is 11.9 Å². The molecule has 162 valence electrons. The van der Waals surface area contributed by atoms with Crippen LogP contribution in [0, 0.1) is 11.3 Å². The number of hydrogen-bond donors (Lipinski definition) is 2. The van der Waals surface area contributed by atoms with E-state index in [1.54, 1.807) is 6.08 Å². The molecule has 4 heteroatoms. The van der Waals surface area contributed by atoms with E-state index < -0.39 is 5.60 Å². The SMILES string of the molecule is C=CC.CC(O)(c1ccccc1)C1CCCC1.O=COC1CC2(CCNCC2)C1. The highest BCUT2D eigenvalue weighted by molar-refractivity contribution is 5.37. The van der Waals surface area contributed by atoms with E-state index >= 15 is 0 Å². The summed E-state index contributed by atoms with van der Waals surface area (Å²) in [6.07, 6.45) is 11.5. The fraction of sp³-hybridized carbons (Fsp3) is 0.640. The second kappa shape index (κ2) is 11.5. The van der Waals surface area contributed by atoms with Crippen molar-refractivity contribution in [2.24, 2.45) is 11.3 Å². The second-order valence-electron chi connectivity index (χ2n) is 8.92. The minimum atomic E-state index is -0.627. The summed E-state index contributed by atoms with van der Waals surface area (Å²) in [4.78, 5) is 10.0. The van der Waals surface area contributed by atoms with Crippen molar-refractivity contribution < 1.29 is 14.6 Å². The van der Waals surface area contributed by atoms with Gasteiger partial charge in [-0.25, -0.2) is 0 Å². The number of piperidine rings is 1. The molecule has 29 heavy (non-hydrogen) atoms. The molecule has 1 aliphatic heterocycles. The molecule has 1 atom stereocenters. The molecule has 2 aliphatic carbocycles. The Morgan fingerprint density at radius 2 is 1.72 bits per heavy atom. The summed E-state index contributed by atoms with van der Waals surface area (Å²) >= 11 is 0. The summed E-state index contributed by atoms with van der Waals surface area (Å²) in [6.45, 7) is 10.1. The van der Waals surface area contributed by atoms with Crippen molar-refractivity contribution in [1.29, 1.82) is 0 Å². The van der Waals surface area contributed by atoms with Crippen LogP contribution in [0.15, 0.2) is 43.0 Å². The van der Waals surface area contributed by atoms with Crippen molar-refractivity contribution in [3.8, 4) is 0 Å². The normalized spacial score (nSPS) is 22.7. The van der Waals surface area contributed by atoms with Crippen molar-refractivity contribution in [2.75, 3.05) is 13.1 Å². The molecule has 2 N–H and O–H groups in total. The average molecular weight is 402 g/mol. The van der Waals surface area contributed by atoms with Gasteiger partial charge >= 0.3 is 0 Å². The van der Waals surface area contributed by atoms with Crippen LogP contribution in [0.5, 0.6) is 0 Å². The van der Waals surface area contributed by atoms with E-state index in [1.807, 2.05) is 44.2 Å².